The number of carbonyl (C=O) groups excluding carboxylic acids is 1. The molecular weight excluding hydrogens is 204 g/mol. The monoisotopic (exact) mass is 215 g/mol. The lowest BCUT2D eigenvalue weighted by Gasteiger charge is -2.09. The Kier molecular flexibility index (Phi) is 3.43. The van der Waals surface area contributed by atoms with E-state index in [-0.39, 0.29) is 11.3 Å². The van der Waals surface area contributed by atoms with Crippen LogP contribution in [-0.4, -0.2) is 18.9 Å². The molecule has 0 spiro atoms. The topological polar surface area (TPSA) is 81.1 Å². The third-order valence-electron chi connectivity index (χ3n) is 1.76. The number of benzene rings is 1. The van der Waals surface area contributed by atoms with Gasteiger partial charge < -0.3 is 16.8 Å². The minimum absolute atomic E-state index is 0.107. The van der Waals surface area contributed by atoms with Crippen LogP contribution in [0.3, 0.4) is 0 Å². The van der Waals surface area contributed by atoms with Gasteiger partial charge in [-0.15, -0.1) is 0 Å². The summed E-state index contributed by atoms with van der Waals surface area (Å²) >= 11 is 0. The Labute approximate surface area is 85.2 Å². The van der Waals surface area contributed by atoms with Gasteiger partial charge in [-0.1, -0.05) is 0 Å². The molecule has 15 heavy (non-hydrogen) atoms. The fourth-order valence-electron chi connectivity index (χ4n) is 1.11. The second-order valence-electron chi connectivity index (χ2n) is 2.94. The molecule has 1 aromatic carbocycles. The average Bonchev–Trinajstić information content (AvgIpc) is 2.15. The van der Waals surface area contributed by atoms with Crippen LogP contribution in [0.2, 0.25) is 0 Å². The van der Waals surface area contributed by atoms with Gasteiger partial charge in [0.25, 0.3) is 12.3 Å². The first-order valence-electron chi connectivity index (χ1n) is 4.22. The summed E-state index contributed by atoms with van der Waals surface area (Å²) in [5, 5.41) is 2.41. The minimum atomic E-state index is -2.50. The predicted octanol–water partition coefficient (Wildman–Crippen LogP) is 1.04. The number of amides is 1. The molecular formula is C9H11F2N3O. The van der Waals surface area contributed by atoms with Crippen LogP contribution in [-0.2, 0) is 0 Å². The number of nitrogen functional groups attached to an aromatic ring is 1. The van der Waals surface area contributed by atoms with Gasteiger partial charge >= 0.3 is 0 Å². The zero-order valence-electron chi connectivity index (χ0n) is 7.84. The summed E-state index contributed by atoms with van der Waals surface area (Å²) in [5.74, 6) is -0.709. The number of nitrogens with two attached hydrogens (primary N) is 2. The van der Waals surface area contributed by atoms with Crippen LogP contribution in [0.5, 0.6) is 0 Å². The molecule has 4 nitrogen and oxygen atoms in total. The molecule has 0 saturated carbocycles. The van der Waals surface area contributed by atoms with Crippen molar-refractivity contribution in [3.8, 4) is 0 Å². The Bertz CT molecular complexity index is 368. The van der Waals surface area contributed by atoms with Gasteiger partial charge in [-0.25, -0.2) is 8.78 Å². The first-order chi connectivity index (χ1) is 7.00. The molecule has 0 aliphatic carbocycles. The van der Waals surface area contributed by atoms with Crippen molar-refractivity contribution in [2.75, 3.05) is 17.6 Å². The van der Waals surface area contributed by atoms with Gasteiger partial charge in [0.15, 0.2) is 0 Å². The molecule has 0 aromatic heterocycles. The number of primary amides is 1. The van der Waals surface area contributed by atoms with E-state index in [1.54, 1.807) is 0 Å². The molecule has 82 valence electrons. The lowest BCUT2D eigenvalue weighted by Crippen LogP contribution is -2.17. The lowest BCUT2D eigenvalue weighted by molar-refractivity contribution is 0.100. The number of hydrogen-bond acceptors (Lipinski definition) is 3. The molecule has 0 atom stereocenters. The van der Waals surface area contributed by atoms with Gasteiger partial charge in [0, 0.05) is 11.4 Å². The summed E-state index contributed by atoms with van der Waals surface area (Å²) in [7, 11) is 0. The number of alkyl halides is 2. The Hall–Kier alpha value is -1.85. The van der Waals surface area contributed by atoms with Gasteiger partial charge in [0.2, 0.25) is 0 Å². The molecule has 0 radical (unpaired) electrons. The van der Waals surface area contributed by atoms with Crippen molar-refractivity contribution in [2.24, 2.45) is 5.73 Å². The van der Waals surface area contributed by atoms with Crippen LogP contribution in [0.1, 0.15) is 10.4 Å². The zero-order valence-corrected chi connectivity index (χ0v) is 7.84. The van der Waals surface area contributed by atoms with Crippen molar-refractivity contribution in [1.82, 2.24) is 0 Å². The van der Waals surface area contributed by atoms with Crippen LogP contribution < -0.4 is 16.8 Å². The first kappa shape index (κ1) is 11.2. The van der Waals surface area contributed by atoms with E-state index in [0.29, 0.717) is 5.69 Å². The van der Waals surface area contributed by atoms with E-state index in [1.807, 2.05) is 0 Å². The van der Waals surface area contributed by atoms with E-state index in [0.717, 1.165) is 0 Å². The van der Waals surface area contributed by atoms with Crippen LogP contribution in [0, 0.1) is 0 Å². The normalized spacial score (nSPS) is 10.3. The zero-order chi connectivity index (χ0) is 11.4. The smallest absolute Gasteiger partial charge is 0.255 e. The molecule has 1 aromatic rings. The minimum Gasteiger partial charge on any atom is -0.399 e. The Morgan fingerprint density at radius 2 is 2.13 bits per heavy atom. The van der Waals surface area contributed by atoms with E-state index >= 15 is 0 Å². The Morgan fingerprint density at radius 3 is 2.67 bits per heavy atom. The maximum Gasteiger partial charge on any atom is 0.255 e. The van der Waals surface area contributed by atoms with Crippen molar-refractivity contribution < 1.29 is 13.6 Å². The second-order valence-corrected chi connectivity index (χ2v) is 2.94. The molecule has 1 rings (SSSR count). The first-order valence-corrected chi connectivity index (χ1v) is 4.22. The molecule has 0 aliphatic heterocycles. The highest BCUT2D eigenvalue weighted by molar-refractivity contribution is 5.99. The summed E-state index contributed by atoms with van der Waals surface area (Å²) in [5.41, 5.74) is 11.2. The fraction of sp³-hybridized carbons (Fsp3) is 0.222. The summed E-state index contributed by atoms with van der Waals surface area (Å²) in [6.07, 6.45) is -2.50. The molecule has 0 aliphatic rings. The summed E-state index contributed by atoms with van der Waals surface area (Å²) in [6.45, 7) is -0.538. The molecule has 1 amide bonds. The fourth-order valence-corrected chi connectivity index (χ4v) is 1.11. The maximum atomic E-state index is 11.9. The predicted molar refractivity (Wildman–Crippen MR) is 53.9 cm³/mol. The molecule has 0 bridgehead atoms. The largest absolute Gasteiger partial charge is 0.399 e. The average molecular weight is 215 g/mol. The van der Waals surface area contributed by atoms with Crippen molar-refractivity contribution in [3.05, 3.63) is 23.8 Å². The van der Waals surface area contributed by atoms with Crippen molar-refractivity contribution >= 4 is 17.3 Å². The highest BCUT2D eigenvalue weighted by Crippen LogP contribution is 2.18. The number of rotatable bonds is 4. The van der Waals surface area contributed by atoms with Gasteiger partial charge in [-0.3, -0.25) is 4.79 Å². The van der Waals surface area contributed by atoms with Gasteiger partial charge in [-0.05, 0) is 18.2 Å². The van der Waals surface area contributed by atoms with Crippen LogP contribution in [0.25, 0.3) is 0 Å². The number of carbonyl (C=O) groups is 1. The highest BCUT2D eigenvalue weighted by atomic mass is 19.3. The molecule has 5 N–H and O–H groups in total. The molecule has 6 heteroatoms. The number of halogens is 2. The van der Waals surface area contributed by atoms with E-state index in [4.69, 9.17) is 11.5 Å². The highest BCUT2D eigenvalue weighted by Gasteiger charge is 2.10. The summed E-state index contributed by atoms with van der Waals surface area (Å²) in [4.78, 5) is 11.0. The van der Waals surface area contributed by atoms with Crippen LogP contribution >= 0.6 is 0 Å². The van der Waals surface area contributed by atoms with Crippen molar-refractivity contribution in [3.63, 3.8) is 0 Å². The maximum absolute atomic E-state index is 11.9. The lowest BCUT2D eigenvalue weighted by atomic mass is 10.1. The number of hydrogen-bond donors (Lipinski definition) is 3. The Balaban J connectivity index is 2.91. The number of nitrogens with one attached hydrogen (secondary N) is 1. The summed E-state index contributed by atoms with van der Waals surface area (Å²) in [6, 6.07) is 4.29. The Morgan fingerprint density at radius 1 is 1.47 bits per heavy atom. The standard InChI is InChI=1S/C9H11F2N3O/c10-8(11)4-14-7-2-1-5(12)3-6(7)9(13)15/h1-3,8,14H,4,12H2,(H2,13,15). The third kappa shape index (κ3) is 3.08. The van der Waals surface area contributed by atoms with E-state index in [2.05, 4.69) is 5.32 Å². The molecule has 0 heterocycles. The van der Waals surface area contributed by atoms with E-state index < -0.39 is 18.9 Å². The third-order valence-corrected chi connectivity index (χ3v) is 1.76. The molecule has 0 fully saturated rings. The quantitative estimate of drug-likeness (QED) is 0.656. The molecule has 0 saturated heterocycles. The van der Waals surface area contributed by atoms with Crippen molar-refractivity contribution in [2.45, 2.75) is 6.43 Å². The van der Waals surface area contributed by atoms with Gasteiger partial charge in [0.1, 0.15) is 0 Å². The SMILES string of the molecule is NC(=O)c1cc(N)ccc1NCC(F)F. The van der Waals surface area contributed by atoms with Gasteiger partial charge in [-0.2, -0.15) is 0 Å². The van der Waals surface area contributed by atoms with Crippen LogP contribution in [0.4, 0.5) is 20.2 Å². The van der Waals surface area contributed by atoms with E-state index in [9.17, 15) is 13.6 Å². The molecule has 0 unspecified atom stereocenters. The second kappa shape index (κ2) is 4.59. The van der Waals surface area contributed by atoms with E-state index in [1.165, 1.54) is 18.2 Å². The van der Waals surface area contributed by atoms with Crippen molar-refractivity contribution in [1.29, 1.82) is 0 Å². The van der Waals surface area contributed by atoms with Gasteiger partial charge in [0.05, 0.1) is 12.1 Å². The summed E-state index contributed by atoms with van der Waals surface area (Å²) < 4.78 is 23.9. The van der Waals surface area contributed by atoms with Crippen LogP contribution in [0.15, 0.2) is 18.2 Å². The number of anilines is 2.